The van der Waals surface area contributed by atoms with Crippen molar-refractivity contribution >= 4 is 23.5 Å². The quantitative estimate of drug-likeness (QED) is 0.365. The Balaban J connectivity index is 1.92. The maximum atomic E-state index is 11.6. The minimum absolute atomic E-state index is 0.000673. The molecular weight excluding hydrogens is 334 g/mol. The van der Waals surface area contributed by atoms with E-state index in [9.17, 15) is 4.79 Å². The minimum Gasteiger partial charge on any atom is -0.449 e. The molecule has 1 rings (SSSR count). The SMILES string of the molecule is CCCCCCCCCCCCOC(=O)NC(=S)Oc1ccccc1. The molecule has 0 unspecified atom stereocenters. The molecule has 0 saturated carbocycles. The summed E-state index contributed by atoms with van der Waals surface area (Å²) in [7, 11) is 0. The summed E-state index contributed by atoms with van der Waals surface area (Å²) in [5, 5.41) is 2.41. The maximum Gasteiger partial charge on any atom is 0.414 e. The van der Waals surface area contributed by atoms with Crippen LogP contribution in [0, 0.1) is 0 Å². The Morgan fingerprint density at radius 3 is 2.08 bits per heavy atom. The summed E-state index contributed by atoms with van der Waals surface area (Å²) in [5.41, 5.74) is 0. The Labute approximate surface area is 157 Å². The van der Waals surface area contributed by atoms with E-state index >= 15 is 0 Å². The summed E-state index contributed by atoms with van der Waals surface area (Å²) in [6.45, 7) is 2.66. The van der Waals surface area contributed by atoms with Gasteiger partial charge in [-0.2, -0.15) is 0 Å². The third kappa shape index (κ3) is 12.4. The van der Waals surface area contributed by atoms with E-state index in [-0.39, 0.29) is 5.17 Å². The summed E-state index contributed by atoms with van der Waals surface area (Å²) in [6, 6.07) is 9.08. The molecule has 5 heteroatoms. The van der Waals surface area contributed by atoms with Gasteiger partial charge in [0.25, 0.3) is 5.17 Å². The van der Waals surface area contributed by atoms with Crippen molar-refractivity contribution in [3.63, 3.8) is 0 Å². The van der Waals surface area contributed by atoms with Crippen LogP contribution in [0.4, 0.5) is 4.79 Å². The highest BCUT2D eigenvalue weighted by atomic mass is 32.1. The summed E-state index contributed by atoms with van der Waals surface area (Å²) in [4.78, 5) is 11.6. The van der Waals surface area contributed by atoms with Gasteiger partial charge in [-0.15, -0.1) is 0 Å². The van der Waals surface area contributed by atoms with E-state index in [0.717, 1.165) is 12.8 Å². The van der Waals surface area contributed by atoms with Crippen LogP contribution in [0.25, 0.3) is 0 Å². The molecule has 0 aliphatic rings. The van der Waals surface area contributed by atoms with Crippen LogP contribution >= 0.6 is 12.2 Å². The second kappa shape index (κ2) is 14.7. The van der Waals surface area contributed by atoms with Crippen LogP contribution in [0.15, 0.2) is 30.3 Å². The summed E-state index contributed by atoms with van der Waals surface area (Å²) in [6.07, 6.45) is 11.9. The summed E-state index contributed by atoms with van der Waals surface area (Å²) < 4.78 is 10.4. The number of amides is 1. The van der Waals surface area contributed by atoms with Crippen molar-refractivity contribution in [2.75, 3.05) is 6.61 Å². The molecule has 1 aromatic rings. The lowest BCUT2D eigenvalue weighted by Gasteiger charge is -2.09. The molecule has 0 aliphatic heterocycles. The Morgan fingerprint density at radius 2 is 1.48 bits per heavy atom. The minimum atomic E-state index is -0.558. The predicted octanol–water partition coefficient (Wildman–Crippen LogP) is 6.00. The van der Waals surface area contributed by atoms with Crippen molar-refractivity contribution < 1.29 is 14.3 Å². The van der Waals surface area contributed by atoms with E-state index in [4.69, 9.17) is 21.7 Å². The van der Waals surface area contributed by atoms with E-state index in [0.29, 0.717) is 12.4 Å². The number of ether oxygens (including phenoxy) is 2. The molecule has 1 N–H and O–H groups in total. The lowest BCUT2D eigenvalue weighted by atomic mass is 10.1. The largest absolute Gasteiger partial charge is 0.449 e. The van der Waals surface area contributed by atoms with Crippen molar-refractivity contribution in [3.8, 4) is 5.75 Å². The molecule has 140 valence electrons. The van der Waals surface area contributed by atoms with Crippen LogP contribution in [0.3, 0.4) is 0 Å². The number of carbonyl (C=O) groups excluding carboxylic acids is 1. The number of benzene rings is 1. The third-order valence-electron chi connectivity index (χ3n) is 3.89. The van der Waals surface area contributed by atoms with E-state index in [2.05, 4.69) is 12.2 Å². The number of hydrogen-bond acceptors (Lipinski definition) is 4. The molecule has 0 bridgehead atoms. The Kier molecular flexibility index (Phi) is 12.6. The van der Waals surface area contributed by atoms with Crippen molar-refractivity contribution in [1.29, 1.82) is 0 Å². The molecular formula is C20H31NO3S. The van der Waals surface area contributed by atoms with Gasteiger partial charge in [0.15, 0.2) is 0 Å². The van der Waals surface area contributed by atoms with Gasteiger partial charge < -0.3 is 9.47 Å². The molecule has 0 fully saturated rings. The zero-order valence-corrected chi connectivity index (χ0v) is 16.1. The van der Waals surface area contributed by atoms with Gasteiger partial charge in [-0.25, -0.2) is 4.79 Å². The second-order valence-electron chi connectivity index (χ2n) is 6.15. The topological polar surface area (TPSA) is 47.6 Å². The number of thiocarbonyl (C=S) groups is 1. The van der Waals surface area contributed by atoms with Gasteiger partial charge in [0.2, 0.25) is 0 Å². The lowest BCUT2D eigenvalue weighted by molar-refractivity contribution is 0.148. The fourth-order valence-corrected chi connectivity index (χ4v) is 2.67. The molecule has 4 nitrogen and oxygen atoms in total. The zero-order valence-electron chi connectivity index (χ0n) is 15.3. The zero-order chi connectivity index (χ0) is 18.2. The molecule has 0 radical (unpaired) electrons. The van der Waals surface area contributed by atoms with Crippen molar-refractivity contribution in [3.05, 3.63) is 30.3 Å². The number of nitrogens with one attached hydrogen (secondary N) is 1. The van der Waals surface area contributed by atoms with Crippen LogP contribution in [-0.4, -0.2) is 17.9 Å². The Hall–Kier alpha value is -1.62. The standard InChI is InChI=1S/C20H31NO3S/c1-2-3-4-5-6-7-8-9-10-14-17-23-19(22)21-20(25)24-18-15-12-11-13-16-18/h11-13,15-16H,2-10,14,17H2,1H3,(H,21,22,25). The molecule has 0 aliphatic carbocycles. The monoisotopic (exact) mass is 365 g/mol. The highest BCUT2D eigenvalue weighted by molar-refractivity contribution is 7.80. The first-order valence-electron chi connectivity index (χ1n) is 9.43. The number of alkyl carbamates (subject to hydrolysis) is 1. The lowest BCUT2D eigenvalue weighted by Crippen LogP contribution is -2.33. The smallest absolute Gasteiger partial charge is 0.414 e. The van der Waals surface area contributed by atoms with Crippen LogP contribution < -0.4 is 10.1 Å². The first-order chi connectivity index (χ1) is 12.2. The van der Waals surface area contributed by atoms with Crippen molar-refractivity contribution in [2.45, 2.75) is 71.1 Å². The van der Waals surface area contributed by atoms with E-state index in [1.807, 2.05) is 18.2 Å². The van der Waals surface area contributed by atoms with Gasteiger partial charge in [0.05, 0.1) is 6.61 Å². The van der Waals surface area contributed by atoms with Gasteiger partial charge in [-0.1, -0.05) is 82.9 Å². The maximum absolute atomic E-state index is 11.6. The third-order valence-corrected chi connectivity index (χ3v) is 4.07. The van der Waals surface area contributed by atoms with Crippen molar-refractivity contribution in [2.24, 2.45) is 0 Å². The molecule has 0 saturated heterocycles. The average Bonchev–Trinajstić information content (AvgIpc) is 2.60. The summed E-state index contributed by atoms with van der Waals surface area (Å²) >= 11 is 4.97. The fraction of sp³-hybridized carbons (Fsp3) is 0.600. The second-order valence-corrected chi connectivity index (χ2v) is 6.52. The van der Waals surface area contributed by atoms with E-state index < -0.39 is 6.09 Å². The molecule has 1 aromatic carbocycles. The Bertz CT molecular complexity index is 479. The summed E-state index contributed by atoms with van der Waals surface area (Å²) in [5.74, 6) is 0.586. The van der Waals surface area contributed by atoms with Crippen molar-refractivity contribution in [1.82, 2.24) is 5.32 Å². The highest BCUT2D eigenvalue weighted by Crippen LogP contribution is 2.11. The average molecular weight is 366 g/mol. The molecule has 25 heavy (non-hydrogen) atoms. The first kappa shape index (κ1) is 21.4. The number of rotatable bonds is 12. The van der Waals surface area contributed by atoms with E-state index in [1.165, 1.54) is 51.4 Å². The molecule has 0 spiro atoms. The number of hydrogen-bond donors (Lipinski definition) is 1. The van der Waals surface area contributed by atoms with Crippen LogP contribution in [0.2, 0.25) is 0 Å². The number of unbranched alkanes of at least 4 members (excludes halogenated alkanes) is 9. The van der Waals surface area contributed by atoms with Crippen LogP contribution in [0.5, 0.6) is 5.75 Å². The van der Waals surface area contributed by atoms with Gasteiger partial charge >= 0.3 is 6.09 Å². The van der Waals surface area contributed by atoms with E-state index in [1.54, 1.807) is 12.1 Å². The van der Waals surface area contributed by atoms with Crippen LogP contribution in [0.1, 0.15) is 71.1 Å². The van der Waals surface area contributed by atoms with Gasteiger partial charge in [0.1, 0.15) is 5.75 Å². The predicted molar refractivity (Wildman–Crippen MR) is 106 cm³/mol. The van der Waals surface area contributed by atoms with Gasteiger partial charge in [-0.3, -0.25) is 5.32 Å². The normalized spacial score (nSPS) is 10.3. The number of carbonyl (C=O) groups is 1. The molecule has 0 aromatic heterocycles. The number of para-hydroxylation sites is 1. The highest BCUT2D eigenvalue weighted by Gasteiger charge is 2.07. The molecule has 1 amide bonds. The van der Waals surface area contributed by atoms with Gasteiger partial charge in [-0.05, 0) is 30.8 Å². The molecule has 0 heterocycles. The fourth-order valence-electron chi connectivity index (χ4n) is 2.49. The van der Waals surface area contributed by atoms with Gasteiger partial charge in [0, 0.05) is 0 Å². The first-order valence-corrected chi connectivity index (χ1v) is 9.84. The Morgan fingerprint density at radius 1 is 0.920 bits per heavy atom. The molecule has 0 atom stereocenters. The van der Waals surface area contributed by atoms with Crippen LogP contribution in [-0.2, 0) is 4.74 Å².